The first-order chi connectivity index (χ1) is 12.2. The summed E-state index contributed by atoms with van der Waals surface area (Å²) in [4.78, 5) is 26.3. The third kappa shape index (κ3) is 3.00. The van der Waals surface area contributed by atoms with Crippen molar-refractivity contribution in [3.05, 3.63) is 46.8 Å². The molecule has 0 saturated carbocycles. The first kappa shape index (κ1) is 17.8. The smallest absolute Gasteiger partial charge is 0.387 e. The molecule has 1 unspecified atom stereocenters. The Morgan fingerprint density at radius 1 is 1.27 bits per heavy atom. The van der Waals surface area contributed by atoms with Gasteiger partial charge in [-0.3, -0.25) is 9.69 Å². The Hall–Kier alpha value is -2.97. The molecule has 7 nitrogen and oxygen atoms in total. The number of aryl methyl sites for hydroxylation is 2. The zero-order valence-electron chi connectivity index (χ0n) is 14.4. The molecule has 1 saturated heterocycles. The van der Waals surface area contributed by atoms with Crippen LogP contribution in [0.2, 0.25) is 0 Å². The van der Waals surface area contributed by atoms with Crippen LogP contribution in [0.3, 0.4) is 0 Å². The van der Waals surface area contributed by atoms with E-state index in [9.17, 15) is 18.4 Å². The second-order valence-electron chi connectivity index (χ2n) is 6.15. The highest BCUT2D eigenvalue weighted by Gasteiger charge is 2.49. The number of benzene rings is 1. The normalized spacial score (nSPS) is 20.0. The molecule has 1 N–H and O–H groups in total. The van der Waals surface area contributed by atoms with Crippen molar-refractivity contribution in [2.75, 3.05) is 0 Å². The van der Waals surface area contributed by atoms with Crippen molar-refractivity contribution in [3.8, 4) is 5.75 Å². The second-order valence-corrected chi connectivity index (χ2v) is 6.15. The molecule has 26 heavy (non-hydrogen) atoms. The van der Waals surface area contributed by atoms with Gasteiger partial charge >= 0.3 is 12.6 Å². The van der Waals surface area contributed by atoms with Gasteiger partial charge in [0.05, 0.1) is 12.2 Å². The number of nitrogens with zero attached hydrogens (tertiary/aromatic N) is 2. The van der Waals surface area contributed by atoms with Crippen molar-refractivity contribution < 1.29 is 27.6 Å². The number of nitrogens with one attached hydrogen (secondary N) is 1. The van der Waals surface area contributed by atoms with Crippen LogP contribution in [0.4, 0.5) is 13.6 Å². The molecule has 2 aromatic rings. The number of carbonyl (C=O) groups is 2. The number of imide groups is 1. The lowest BCUT2D eigenvalue weighted by atomic mass is 9.92. The van der Waals surface area contributed by atoms with Gasteiger partial charge in [0.2, 0.25) is 0 Å². The Morgan fingerprint density at radius 2 is 1.92 bits per heavy atom. The van der Waals surface area contributed by atoms with E-state index in [-0.39, 0.29) is 12.3 Å². The number of hydrogen-bond donors (Lipinski definition) is 1. The van der Waals surface area contributed by atoms with Gasteiger partial charge in [-0.2, -0.15) is 8.78 Å². The summed E-state index contributed by atoms with van der Waals surface area (Å²) in [6.45, 7) is 2.09. The van der Waals surface area contributed by atoms with Gasteiger partial charge in [0.1, 0.15) is 17.0 Å². The van der Waals surface area contributed by atoms with E-state index in [0.717, 1.165) is 4.90 Å². The maximum Gasteiger partial charge on any atom is 0.387 e. The molecule has 0 radical (unpaired) electrons. The molecule has 2 heterocycles. The van der Waals surface area contributed by atoms with Gasteiger partial charge in [0.25, 0.3) is 5.91 Å². The zero-order valence-corrected chi connectivity index (χ0v) is 14.4. The highest BCUT2D eigenvalue weighted by atomic mass is 19.3. The van der Waals surface area contributed by atoms with Crippen molar-refractivity contribution in [2.45, 2.75) is 39.5 Å². The van der Waals surface area contributed by atoms with Crippen LogP contribution < -0.4 is 10.1 Å². The van der Waals surface area contributed by atoms with Gasteiger partial charge in [-0.05, 0) is 38.5 Å². The van der Waals surface area contributed by atoms with E-state index >= 15 is 0 Å². The maximum absolute atomic E-state index is 12.9. The van der Waals surface area contributed by atoms with E-state index in [0.29, 0.717) is 22.6 Å². The summed E-state index contributed by atoms with van der Waals surface area (Å²) in [5.41, 5.74) is 0.418. The third-order valence-electron chi connectivity index (χ3n) is 4.43. The average molecular weight is 365 g/mol. The summed E-state index contributed by atoms with van der Waals surface area (Å²) in [5.74, 6) is 0.0481. The van der Waals surface area contributed by atoms with E-state index in [2.05, 4.69) is 15.2 Å². The highest BCUT2D eigenvalue weighted by molar-refractivity contribution is 6.07. The molecule has 9 heteroatoms. The number of urea groups is 1. The van der Waals surface area contributed by atoms with Crippen LogP contribution in [0.25, 0.3) is 0 Å². The minimum Gasteiger partial charge on any atom is -0.435 e. The fourth-order valence-electron chi connectivity index (χ4n) is 2.89. The van der Waals surface area contributed by atoms with Crippen LogP contribution in [0.15, 0.2) is 28.8 Å². The van der Waals surface area contributed by atoms with Crippen LogP contribution in [-0.2, 0) is 16.9 Å². The van der Waals surface area contributed by atoms with Crippen molar-refractivity contribution in [3.63, 3.8) is 0 Å². The molecule has 1 aliphatic rings. The number of carbonyl (C=O) groups excluding carboxylic acids is 2. The standard InChI is InChI=1S/C17H17F2N3O4/c1-9-13(10(2)26-21-9)8-22-14(23)17(3,20-16(22)24)11-4-6-12(7-5-11)25-15(18)19/h4-7,15H,8H2,1-3H3,(H,20,24). The molecular formula is C17H17F2N3O4. The van der Waals surface area contributed by atoms with E-state index in [1.165, 1.54) is 24.3 Å². The lowest BCUT2D eigenvalue weighted by molar-refractivity contribution is -0.131. The summed E-state index contributed by atoms with van der Waals surface area (Å²) in [7, 11) is 0. The molecule has 0 bridgehead atoms. The molecule has 0 spiro atoms. The van der Waals surface area contributed by atoms with Crippen molar-refractivity contribution in [1.29, 1.82) is 0 Å². The minimum absolute atomic E-state index is 0.0308. The highest BCUT2D eigenvalue weighted by Crippen LogP contribution is 2.31. The number of rotatable bonds is 5. The molecule has 1 atom stereocenters. The first-order valence-electron chi connectivity index (χ1n) is 7.83. The Morgan fingerprint density at radius 3 is 2.46 bits per heavy atom. The van der Waals surface area contributed by atoms with E-state index < -0.39 is 24.1 Å². The monoisotopic (exact) mass is 365 g/mol. The molecule has 3 amide bonds. The van der Waals surface area contributed by atoms with E-state index in [1.54, 1.807) is 20.8 Å². The quantitative estimate of drug-likeness (QED) is 0.824. The Balaban J connectivity index is 1.85. The van der Waals surface area contributed by atoms with Gasteiger partial charge < -0.3 is 14.6 Å². The first-order valence-corrected chi connectivity index (χ1v) is 7.83. The van der Waals surface area contributed by atoms with E-state index in [4.69, 9.17) is 4.52 Å². The van der Waals surface area contributed by atoms with Gasteiger partial charge in [-0.25, -0.2) is 4.79 Å². The van der Waals surface area contributed by atoms with Crippen molar-refractivity contribution >= 4 is 11.9 Å². The number of aromatic nitrogens is 1. The predicted molar refractivity (Wildman–Crippen MR) is 85.5 cm³/mol. The molecule has 0 aliphatic carbocycles. The summed E-state index contributed by atoms with van der Waals surface area (Å²) in [6.07, 6.45) is 0. The fraction of sp³-hybridized carbons (Fsp3) is 0.353. The minimum atomic E-state index is -2.94. The fourth-order valence-corrected chi connectivity index (χ4v) is 2.89. The topological polar surface area (TPSA) is 84.7 Å². The number of alkyl halides is 2. The third-order valence-corrected chi connectivity index (χ3v) is 4.43. The molecule has 1 aromatic heterocycles. The number of hydrogen-bond acceptors (Lipinski definition) is 5. The zero-order chi connectivity index (χ0) is 19.1. The maximum atomic E-state index is 12.9. The Labute approximate surface area is 147 Å². The lowest BCUT2D eigenvalue weighted by Crippen LogP contribution is -2.40. The molecular weight excluding hydrogens is 348 g/mol. The molecule has 1 aromatic carbocycles. The summed E-state index contributed by atoms with van der Waals surface area (Å²) < 4.78 is 33.9. The Bertz CT molecular complexity index is 831. The number of ether oxygens (including phenoxy) is 1. The number of amides is 3. The number of halogens is 2. The molecule has 1 fully saturated rings. The van der Waals surface area contributed by atoms with Crippen LogP contribution in [0, 0.1) is 13.8 Å². The Kier molecular flexibility index (Phi) is 4.39. The van der Waals surface area contributed by atoms with Crippen LogP contribution >= 0.6 is 0 Å². The van der Waals surface area contributed by atoms with Gasteiger partial charge in [0, 0.05) is 5.56 Å². The van der Waals surface area contributed by atoms with E-state index in [1.807, 2.05) is 0 Å². The van der Waals surface area contributed by atoms with Crippen LogP contribution in [0.1, 0.15) is 29.5 Å². The summed E-state index contributed by atoms with van der Waals surface area (Å²) >= 11 is 0. The summed E-state index contributed by atoms with van der Waals surface area (Å²) in [5, 5.41) is 6.47. The SMILES string of the molecule is Cc1noc(C)c1CN1C(=O)NC(C)(c2ccc(OC(F)F)cc2)C1=O. The predicted octanol–water partition coefficient (Wildman–Crippen LogP) is 2.86. The average Bonchev–Trinajstić information content (AvgIpc) is 3.00. The largest absolute Gasteiger partial charge is 0.435 e. The van der Waals surface area contributed by atoms with Crippen LogP contribution in [0.5, 0.6) is 5.75 Å². The molecule has 138 valence electrons. The van der Waals surface area contributed by atoms with Crippen molar-refractivity contribution in [2.24, 2.45) is 0 Å². The lowest BCUT2D eigenvalue weighted by Gasteiger charge is -2.22. The second kappa shape index (κ2) is 6.40. The summed E-state index contributed by atoms with van der Waals surface area (Å²) in [6, 6.07) is 5.03. The van der Waals surface area contributed by atoms with Crippen molar-refractivity contribution in [1.82, 2.24) is 15.4 Å². The van der Waals surface area contributed by atoms with Gasteiger partial charge in [-0.1, -0.05) is 17.3 Å². The molecule has 3 rings (SSSR count). The molecule has 1 aliphatic heterocycles. The van der Waals surface area contributed by atoms with Gasteiger partial charge in [0.15, 0.2) is 0 Å². The van der Waals surface area contributed by atoms with Crippen LogP contribution in [-0.4, -0.2) is 28.6 Å². The van der Waals surface area contributed by atoms with Gasteiger partial charge in [-0.15, -0.1) is 0 Å².